The van der Waals surface area contributed by atoms with Crippen molar-refractivity contribution in [1.29, 1.82) is 0 Å². The fraction of sp³-hybridized carbons (Fsp3) is 0.544. The molecule has 6 aromatic carbocycles. The van der Waals surface area contributed by atoms with Crippen molar-refractivity contribution in [1.82, 2.24) is 0 Å². The summed E-state index contributed by atoms with van der Waals surface area (Å²) in [4.78, 5) is 162. The summed E-state index contributed by atoms with van der Waals surface area (Å²) in [6, 6.07) is 47.2. The van der Waals surface area contributed by atoms with Gasteiger partial charge in [0.1, 0.15) is 62.0 Å². The molecule has 0 aromatic heterocycles. The Hall–Kier alpha value is -11.7. The Morgan fingerprint density at radius 3 is 1.20 bits per heavy atom. The number of ether oxygens (including phenoxy) is 23. The van der Waals surface area contributed by atoms with Crippen LogP contribution < -0.4 is 0 Å². The molecule has 6 saturated heterocycles. The fourth-order valence-electron chi connectivity index (χ4n) is 18.4. The summed E-state index contributed by atoms with van der Waals surface area (Å²) < 4.78 is 155. The number of hydrogen-bond acceptors (Lipinski definition) is 35. The molecule has 6 heterocycles. The molecular formula is C103H125N3O34. The summed E-state index contributed by atoms with van der Waals surface area (Å²) in [5, 5.41) is 3.66. The van der Waals surface area contributed by atoms with Crippen molar-refractivity contribution >= 4 is 65.7 Å². The number of hydrogen-bond donors (Lipinski definition) is 0. The van der Waals surface area contributed by atoms with Crippen LogP contribution in [0.1, 0.15) is 198 Å². The third-order valence-electron chi connectivity index (χ3n) is 26.1. The number of azide groups is 1. The molecule has 0 radical (unpaired) electrons. The fourth-order valence-corrected chi connectivity index (χ4v) is 18.4. The third kappa shape index (κ3) is 26.8. The van der Waals surface area contributed by atoms with E-state index in [-0.39, 0.29) is 78.1 Å². The molecule has 6 aromatic rings. The lowest BCUT2D eigenvalue weighted by Crippen LogP contribution is -2.69. The standard InChI is InChI=1S/C103H125N3O34/c1-16-72-56(5)57(6)82(124-64(13)109)99(126-72)137-85-77(54-120-91(111)66-39-26-20-27-40-66)129-100(136-80-61(10)83(131-93(113)68-43-30-22-31-44-68)98(128-74(80)18-3)119-52-38-51-105-106-104)89(133-95(115)70-47-34-24-35-48-70)87(85)138-97-59(8)58(7)79(73(17-2)127-97)135-101-90(134-96(116)71-49-36-25-37-50-71)88(86(132-94(114)69-45-32-23-33-46-69)78(130-101)55-121-92(112)67-41-28-21-29-42-67)140-103(102(117)118-15)53-76(123-63(12)108)60(9)81(139-103)84(125-65(14)110)75(19-4)122-62(11)107/h20-37,39-50,56-61,72-90,97-101H,16-19,38,51-55H2,1-15H3/t56-,57-,58-,59?,60+,61-,72?,73?,74?,75+,76+,77?,78?,79-,80-,81?,82?,83?,84+,85-,86-,87-,88-,89?,90?,97-,98+,99-,100-,101-,103-/m0/s1. The van der Waals surface area contributed by atoms with Crippen molar-refractivity contribution in [3.8, 4) is 0 Å². The van der Waals surface area contributed by atoms with Crippen LogP contribution in [-0.2, 0) is 133 Å². The molecule has 0 spiro atoms. The van der Waals surface area contributed by atoms with Gasteiger partial charge in [0.05, 0.1) is 84.0 Å². The molecule has 0 bridgehead atoms. The van der Waals surface area contributed by atoms with Crippen molar-refractivity contribution < 1.29 is 162 Å². The third-order valence-corrected chi connectivity index (χ3v) is 26.1. The number of rotatable bonds is 40. The molecule has 12 rings (SSSR count). The van der Waals surface area contributed by atoms with Gasteiger partial charge in [-0.15, -0.1) is 0 Å². The van der Waals surface area contributed by atoms with E-state index in [9.17, 15) is 39.1 Å². The van der Waals surface area contributed by atoms with Crippen LogP contribution >= 0.6 is 0 Å². The molecule has 0 saturated carbocycles. The maximum absolute atomic E-state index is 15.7. The Kier molecular flexibility index (Phi) is 38.8. The van der Waals surface area contributed by atoms with Gasteiger partial charge < -0.3 is 109 Å². The van der Waals surface area contributed by atoms with Gasteiger partial charge in [-0.1, -0.05) is 184 Å². The molecular weight excluding hydrogens is 1820 g/mol. The SMILES string of the molecule is CCC1O[C@@H](O[C@H]2C(COC(=O)c3ccccc3)O[C@@H](O[C@@H]3C(CC)O[C@@H](OCCCN=[N+]=[N-])C(OC(=O)c4ccccc4)[C@H]3C)C(OC(=O)c3ccccc3)[C@H]2O[C@@H]2OC(CC)[C@@H](O[C@@H]3OC(COC(=O)c4ccccc4)[C@H](OC(=O)c4ccccc4)[C@H](O[C@]4(C(=O)OC)C[C@@H](OC(C)=O)[C@@H](C)C([C@H](OC(C)=O)[C@@H](CC)OC(C)=O)O4)C3OC(=O)c3ccccc3)[C@@H](C)C2C)C(OC(C)=O)[C@@H](C)[C@@H]1C. The van der Waals surface area contributed by atoms with E-state index in [0.717, 1.165) is 27.9 Å². The number of carbonyl (C=O) groups excluding carboxylic acids is 11. The Morgan fingerprint density at radius 1 is 0.386 bits per heavy atom. The molecule has 6 fully saturated rings. The maximum atomic E-state index is 15.7. The highest BCUT2D eigenvalue weighted by atomic mass is 16.8. The number of esters is 11. The number of nitrogens with zero attached hydrogens (tertiary/aromatic N) is 3. The van der Waals surface area contributed by atoms with E-state index in [1.54, 1.807) is 175 Å². The monoisotopic (exact) mass is 1950 g/mol. The first kappa shape index (κ1) is 107. The minimum absolute atomic E-state index is 0.00895. The number of carbonyl (C=O) groups is 11. The zero-order valence-electron chi connectivity index (χ0n) is 80.9. The van der Waals surface area contributed by atoms with Gasteiger partial charge in [0.15, 0.2) is 68.1 Å². The molecule has 756 valence electrons. The lowest BCUT2D eigenvalue weighted by atomic mass is 9.82. The molecule has 11 unspecified atom stereocenters. The molecule has 6 aliphatic heterocycles. The van der Waals surface area contributed by atoms with Crippen LogP contribution in [0, 0.1) is 35.5 Å². The average Bonchev–Trinajstić information content (AvgIpc) is 0.744. The predicted octanol–water partition coefficient (Wildman–Crippen LogP) is 13.7. The number of benzene rings is 6. The van der Waals surface area contributed by atoms with Gasteiger partial charge in [0, 0.05) is 62.8 Å². The lowest BCUT2D eigenvalue weighted by molar-refractivity contribution is -0.397. The van der Waals surface area contributed by atoms with E-state index in [0.29, 0.717) is 6.42 Å². The topological polar surface area (TPSA) is 449 Å². The second-order valence-corrected chi connectivity index (χ2v) is 35.5. The first-order valence-corrected chi connectivity index (χ1v) is 47.4. The summed E-state index contributed by atoms with van der Waals surface area (Å²) in [5.74, 6) is -17.9. The highest BCUT2D eigenvalue weighted by molar-refractivity contribution is 5.92. The Morgan fingerprint density at radius 2 is 0.764 bits per heavy atom. The lowest BCUT2D eigenvalue weighted by Gasteiger charge is -2.53. The summed E-state index contributed by atoms with van der Waals surface area (Å²) >= 11 is 0. The van der Waals surface area contributed by atoms with Crippen LogP contribution in [0.4, 0.5) is 0 Å². The van der Waals surface area contributed by atoms with E-state index in [1.807, 2.05) is 27.7 Å². The summed E-state index contributed by atoms with van der Waals surface area (Å²) in [6.07, 6.45) is -37.1. The van der Waals surface area contributed by atoms with Crippen molar-refractivity contribution in [2.45, 2.75) is 289 Å². The second kappa shape index (κ2) is 50.6. The zero-order chi connectivity index (χ0) is 101. The van der Waals surface area contributed by atoms with Crippen LogP contribution in [0.5, 0.6) is 0 Å². The van der Waals surface area contributed by atoms with E-state index >= 15 is 19.2 Å². The van der Waals surface area contributed by atoms with Gasteiger partial charge in [-0.25, -0.2) is 33.6 Å². The molecule has 6 aliphatic rings. The van der Waals surface area contributed by atoms with E-state index < -0.39 is 268 Å². The number of methoxy groups -OCH3 is 1. The van der Waals surface area contributed by atoms with Crippen LogP contribution in [0.25, 0.3) is 10.4 Å². The van der Waals surface area contributed by atoms with Gasteiger partial charge >= 0.3 is 65.7 Å². The van der Waals surface area contributed by atoms with Crippen molar-refractivity contribution in [2.24, 2.45) is 40.6 Å². The van der Waals surface area contributed by atoms with Gasteiger partial charge in [0.25, 0.3) is 5.79 Å². The smallest absolute Gasteiger partial charge is 0.366 e. The van der Waals surface area contributed by atoms with Gasteiger partial charge in [-0.2, -0.15) is 0 Å². The summed E-state index contributed by atoms with van der Waals surface area (Å²) in [5.41, 5.74) is 9.44. The predicted molar refractivity (Wildman–Crippen MR) is 491 cm³/mol. The van der Waals surface area contributed by atoms with Gasteiger partial charge in [0.2, 0.25) is 0 Å². The van der Waals surface area contributed by atoms with Crippen LogP contribution in [0.15, 0.2) is 187 Å². The van der Waals surface area contributed by atoms with Crippen molar-refractivity contribution in [3.05, 3.63) is 226 Å². The summed E-state index contributed by atoms with van der Waals surface area (Å²) in [6.45, 7) is 20.8. The van der Waals surface area contributed by atoms with E-state index in [1.165, 1.54) is 55.5 Å². The van der Waals surface area contributed by atoms with Crippen LogP contribution in [0.2, 0.25) is 0 Å². The first-order valence-electron chi connectivity index (χ1n) is 47.4. The quantitative estimate of drug-likeness (QED) is 0.00861. The molecule has 0 aliphatic carbocycles. The maximum Gasteiger partial charge on any atom is 0.366 e. The van der Waals surface area contributed by atoms with Crippen LogP contribution in [0.3, 0.4) is 0 Å². The molecule has 140 heavy (non-hydrogen) atoms. The minimum atomic E-state index is -2.99. The Labute approximate surface area is 812 Å². The highest BCUT2D eigenvalue weighted by Gasteiger charge is 2.65. The van der Waals surface area contributed by atoms with Crippen molar-refractivity contribution in [3.63, 3.8) is 0 Å². The largest absolute Gasteiger partial charge is 0.465 e. The highest BCUT2D eigenvalue weighted by Crippen LogP contribution is 2.48. The summed E-state index contributed by atoms with van der Waals surface area (Å²) in [7, 11) is 0.984. The van der Waals surface area contributed by atoms with E-state index in [2.05, 4.69) is 10.0 Å². The molecule has 37 nitrogen and oxygen atoms in total. The molecule has 0 amide bonds. The Balaban J connectivity index is 1.02. The van der Waals surface area contributed by atoms with Gasteiger partial charge in [-0.3, -0.25) is 19.2 Å². The second-order valence-electron chi connectivity index (χ2n) is 35.5. The average molecular weight is 1950 g/mol. The Bertz CT molecular complexity index is 5140. The molecule has 37 heteroatoms. The zero-order valence-corrected chi connectivity index (χ0v) is 80.9. The minimum Gasteiger partial charge on any atom is -0.465 e. The molecule has 0 N–H and O–H groups in total. The first-order chi connectivity index (χ1) is 67.3. The normalized spacial score (nSPS) is 31.3. The van der Waals surface area contributed by atoms with E-state index in [4.69, 9.17) is 109 Å². The van der Waals surface area contributed by atoms with Crippen molar-refractivity contribution in [2.75, 3.05) is 33.5 Å². The van der Waals surface area contributed by atoms with Crippen LogP contribution in [-0.4, -0.2) is 252 Å². The van der Waals surface area contributed by atoms with Gasteiger partial charge in [-0.05, 0) is 122 Å². The molecule has 31 atom stereocenters.